The predicted octanol–water partition coefficient (Wildman–Crippen LogP) is 1.31. The fourth-order valence-corrected chi connectivity index (χ4v) is 1.01. The molecule has 0 radical (unpaired) electrons. The van der Waals surface area contributed by atoms with E-state index >= 15 is 0 Å². The molecule has 2 N–H and O–H groups in total. The highest BCUT2D eigenvalue weighted by Crippen LogP contribution is 2.16. The second kappa shape index (κ2) is 3.60. The Morgan fingerprint density at radius 2 is 2.43 bits per heavy atom. The predicted molar refractivity (Wildman–Crippen MR) is 48.2 cm³/mol. The third-order valence-corrected chi connectivity index (χ3v) is 1.59. The Morgan fingerprint density at radius 3 is 3.29 bits per heavy atom. The van der Waals surface area contributed by atoms with E-state index in [1.165, 1.54) is 0 Å². The molecule has 0 aliphatic heterocycles. The molecule has 0 saturated heterocycles. The smallest absolute Gasteiger partial charge is 0.203 e. The summed E-state index contributed by atoms with van der Waals surface area (Å²) in [6.45, 7) is 0. The van der Waals surface area contributed by atoms with Crippen molar-refractivity contribution in [3.05, 3.63) is 18.2 Å². The Morgan fingerprint density at radius 1 is 1.50 bits per heavy atom. The molecule has 70 valence electrons. The lowest BCUT2D eigenvalue weighted by atomic mass is 10.3. The number of aromatic nitrogens is 3. The van der Waals surface area contributed by atoms with Crippen LogP contribution in [0.4, 0.5) is 0 Å². The summed E-state index contributed by atoms with van der Waals surface area (Å²) >= 11 is 0. The molecule has 7 heteroatoms. The molecule has 2 rings (SSSR count). The van der Waals surface area contributed by atoms with Crippen molar-refractivity contribution < 1.29 is 4.74 Å². The van der Waals surface area contributed by atoms with E-state index in [9.17, 15) is 0 Å². The molecule has 0 aliphatic carbocycles. The molecule has 14 heavy (non-hydrogen) atoms. The third-order valence-electron chi connectivity index (χ3n) is 1.59. The van der Waals surface area contributed by atoms with Gasteiger partial charge in [-0.1, -0.05) is 5.21 Å². The first kappa shape index (κ1) is 8.30. The molecule has 1 aromatic heterocycles. The SMILES string of the molecule is N=N/N=C/Oc1ccc2nn[nH]c2c1. The van der Waals surface area contributed by atoms with Crippen LogP contribution in [0.5, 0.6) is 5.75 Å². The van der Waals surface area contributed by atoms with Gasteiger partial charge in [0.15, 0.2) is 0 Å². The first-order chi connectivity index (χ1) is 6.90. The number of fused-ring (bicyclic) bond motifs is 1. The van der Waals surface area contributed by atoms with Gasteiger partial charge < -0.3 is 4.74 Å². The van der Waals surface area contributed by atoms with Gasteiger partial charge in [-0.2, -0.15) is 5.53 Å². The van der Waals surface area contributed by atoms with Crippen LogP contribution in [0.1, 0.15) is 0 Å². The molecule has 0 atom stereocenters. The quantitative estimate of drug-likeness (QED) is 0.330. The van der Waals surface area contributed by atoms with Gasteiger partial charge in [-0.15, -0.1) is 10.2 Å². The molecule has 0 saturated carbocycles. The molecular weight excluding hydrogens is 184 g/mol. The van der Waals surface area contributed by atoms with Gasteiger partial charge >= 0.3 is 0 Å². The highest BCUT2D eigenvalue weighted by molar-refractivity contribution is 5.75. The lowest BCUT2D eigenvalue weighted by molar-refractivity contribution is 0.570. The molecule has 0 amide bonds. The zero-order valence-electron chi connectivity index (χ0n) is 7.01. The van der Waals surface area contributed by atoms with Crippen LogP contribution in [0.3, 0.4) is 0 Å². The van der Waals surface area contributed by atoms with Crippen LogP contribution >= 0.6 is 0 Å². The fourth-order valence-electron chi connectivity index (χ4n) is 1.01. The number of hydrogen-bond donors (Lipinski definition) is 2. The Labute approximate surface area is 78.3 Å². The van der Waals surface area contributed by atoms with Gasteiger partial charge in [-0.3, -0.25) is 5.10 Å². The normalized spacial score (nSPS) is 10.9. The molecule has 0 bridgehead atoms. The maximum Gasteiger partial charge on any atom is 0.203 e. The fraction of sp³-hybridized carbons (Fsp3) is 0. The summed E-state index contributed by atoms with van der Waals surface area (Å²) in [5, 5.41) is 16.1. The van der Waals surface area contributed by atoms with E-state index in [2.05, 4.69) is 25.7 Å². The minimum absolute atomic E-state index is 0.580. The highest BCUT2D eigenvalue weighted by atomic mass is 16.5. The van der Waals surface area contributed by atoms with Crippen molar-refractivity contribution in [3.63, 3.8) is 0 Å². The summed E-state index contributed by atoms with van der Waals surface area (Å²) in [5.41, 5.74) is 7.94. The standard InChI is InChI=1S/C7H6N6O/c8-12-9-4-14-5-1-2-6-7(3-5)11-13-10-6/h1-4,8H,(H,10,11,13)/b9-4+,12-8?. The van der Waals surface area contributed by atoms with Crippen molar-refractivity contribution in [3.8, 4) is 5.75 Å². The summed E-state index contributed by atoms with van der Waals surface area (Å²) < 4.78 is 5.04. The zero-order chi connectivity index (χ0) is 9.80. The van der Waals surface area contributed by atoms with Crippen LogP contribution in [-0.4, -0.2) is 21.8 Å². The lowest BCUT2D eigenvalue weighted by Crippen LogP contribution is -1.88. The first-order valence-corrected chi connectivity index (χ1v) is 3.76. The van der Waals surface area contributed by atoms with Crippen LogP contribution in [-0.2, 0) is 0 Å². The van der Waals surface area contributed by atoms with E-state index in [1.807, 2.05) is 0 Å². The van der Waals surface area contributed by atoms with E-state index in [0.29, 0.717) is 5.75 Å². The number of aromatic amines is 1. The molecular formula is C7H6N6O. The van der Waals surface area contributed by atoms with Gasteiger partial charge in [-0.05, 0) is 17.4 Å². The average molecular weight is 190 g/mol. The Hall–Kier alpha value is -2.31. The minimum atomic E-state index is 0.580. The van der Waals surface area contributed by atoms with E-state index in [0.717, 1.165) is 17.4 Å². The summed E-state index contributed by atoms with van der Waals surface area (Å²) in [5.74, 6) is 0.580. The van der Waals surface area contributed by atoms with Crippen LogP contribution in [0.25, 0.3) is 11.0 Å². The summed E-state index contributed by atoms with van der Waals surface area (Å²) in [6.07, 6.45) is 1.08. The van der Waals surface area contributed by atoms with Crippen molar-refractivity contribution in [1.29, 1.82) is 5.53 Å². The van der Waals surface area contributed by atoms with Crippen molar-refractivity contribution in [2.45, 2.75) is 0 Å². The maximum atomic E-state index is 6.40. The number of nitrogens with zero attached hydrogens (tertiary/aromatic N) is 4. The minimum Gasteiger partial charge on any atom is -0.444 e. The second-order valence-electron chi connectivity index (χ2n) is 2.43. The number of hydrogen-bond acceptors (Lipinski definition) is 5. The number of benzene rings is 1. The summed E-state index contributed by atoms with van der Waals surface area (Å²) in [6, 6.07) is 5.21. The van der Waals surface area contributed by atoms with E-state index in [1.54, 1.807) is 18.2 Å². The average Bonchev–Trinajstić information content (AvgIpc) is 2.65. The Balaban J connectivity index is 2.25. The summed E-state index contributed by atoms with van der Waals surface area (Å²) in [4.78, 5) is 0. The van der Waals surface area contributed by atoms with Crippen molar-refractivity contribution in [2.24, 2.45) is 10.3 Å². The highest BCUT2D eigenvalue weighted by Gasteiger charge is 1.98. The molecule has 0 unspecified atom stereocenters. The van der Waals surface area contributed by atoms with Crippen molar-refractivity contribution in [2.75, 3.05) is 0 Å². The van der Waals surface area contributed by atoms with Crippen LogP contribution in [0.2, 0.25) is 0 Å². The molecule has 2 aromatic rings. The molecule has 0 fully saturated rings. The van der Waals surface area contributed by atoms with Gasteiger partial charge in [0.05, 0.1) is 5.52 Å². The lowest BCUT2D eigenvalue weighted by Gasteiger charge is -1.96. The Kier molecular flexibility index (Phi) is 2.14. The number of H-pyrrole nitrogens is 1. The zero-order valence-corrected chi connectivity index (χ0v) is 7.01. The van der Waals surface area contributed by atoms with E-state index in [-0.39, 0.29) is 0 Å². The topological polar surface area (TPSA) is 99.4 Å². The van der Waals surface area contributed by atoms with Gasteiger partial charge in [0.1, 0.15) is 11.3 Å². The van der Waals surface area contributed by atoms with Gasteiger partial charge in [0, 0.05) is 6.07 Å². The van der Waals surface area contributed by atoms with Gasteiger partial charge in [0.2, 0.25) is 6.40 Å². The number of ether oxygens (including phenoxy) is 1. The molecule has 1 aromatic carbocycles. The largest absolute Gasteiger partial charge is 0.444 e. The third kappa shape index (κ3) is 1.56. The van der Waals surface area contributed by atoms with E-state index in [4.69, 9.17) is 10.3 Å². The van der Waals surface area contributed by atoms with Crippen molar-refractivity contribution >= 4 is 17.4 Å². The first-order valence-electron chi connectivity index (χ1n) is 3.76. The molecule has 7 nitrogen and oxygen atoms in total. The Bertz CT molecular complexity index is 476. The number of rotatable bonds is 3. The molecule has 0 aliphatic rings. The molecule has 1 heterocycles. The molecule has 0 spiro atoms. The van der Waals surface area contributed by atoms with Gasteiger partial charge in [0.25, 0.3) is 0 Å². The van der Waals surface area contributed by atoms with E-state index < -0.39 is 0 Å². The second-order valence-corrected chi connectivity index (χ2v) is 2.43. The van der Waals surface area contributed by atoms with Gasteiger partial charge in [-0.25, -0.2) is 0 Å². The van der Waals surface area contributed by atoms with Crippen LogP contribution < -0.4 is 4.74 Å². The number of nitrogens with one attached hydrogen (secondary N) is 2. The van der Waals surface area contributed by atoms with Crippen LogP contribution in [0.15, 0.2) is 28.5 Å². The summed E-state index contributed by atoms with van der Waals surface area (Å²) in [7, 11) is 0. The monoisotopic (exact) mass is 190 g/mol. The van der Waals surface area contributed by atoms with Crippen molar-refractivity contribution in [1.82, 2.24) is 15.4 Å². The van der Waals surface area contributed by atoms with Crippen LogP contribution in [0, 0.1) is 5.53 Å². The maximum absolute atomic E-state index is 6.40.